The Morgan fingerprint density at radius 2 is 1.78 bits per heavy atom. The average molecular weight is 261 g/mol. The standard InChI is InChI=1S/C13H18F3NO/c1-3-10(4-2)17-11-7-5-6-8-12(11)18-9-13(14,15)16/h5-8,10,17H,3-4,9H2,1-2H3. The molecular formula is C13H18F3NO. The zero-order chi connectivity index (χ0) is 13.6. The molecule has 5 heteroatoms. The topological polar surface area (TPSA) is 21.3 Å². The Morgan fingerprint density at radius 1 is 1.17 bits per heavy atom. The van der Waals surface area contributed by atoms with E-state index in [1.165, 1.54) is 6.07 Å². The first-order valence-electron chi connectivity index (χ1n) is 6.01. The number of hydrogen-bond acceptors (Lipinski definition) is 2. The molecule has 0 fully saturated rings. The quantitative estimate of drug-likeness (QED) is 0.827. The maximum atomic E-state index is 12.1. The van der Waals surface area contributed by atoms with E-state index in [4.69, 9.17) is 4.74 Å². The molecule has 0 aromatic heterocycles. The third kappa shape index (κ3) is 4.85. The molecule has 0 bridgehead atoms. The van der Waals surface area contributed by atoms with Crippen LogP contribution >= 0.6 is 0 Å². The van der Waals surface area contributed by atoms with Crippen molar-refractivity contribution in [3.8, 4) is 5.75 Å². The van der Waals surface area contributed by atoms with Crippen LogP contribution in [0, 0.1) is 0 Å². The summed E-state index contributed by atoms with van der Waals surface area (Å²) in [6.45, 7) is 2.79. The van der Waals surface area contributed by atoms with Gasteiger partial charge < -0.3 is 10.1 Å². The van der Waals surface area contributed by atoms with E-state index in [0.717, 1.165) is 12.8 Å². The van der Waals surface area contributed by atoms with E-state index in [1.54, 1.807) is 18.2 Å². The molecule has 1 N–H and O–H groups in total. The summed E-state index contributed by atoms with van der Waals surface area (Å²) in [5.74, 6) is 0.238. The van der Waals surface area contributed by atoms with Gasteiger partial charge in [-0.2, -0.15) is 13.2 Å². The van der Waals surface area contributed by atoms with Crippen molar-refractivity contribution in [1.82, 2.24) is 0 Å². The SMILES string of the molecule is CCC(CC)Nc1ccccc1OCC(F)(F)F. The molecule has 102 valence electrons. The fraction of sp³-hybridized carbons (Fsp3) is 0.538. The Kier molecular flexibility index (Phi) is 5.31. The van der Waals surface area contributed by atoms with Gasteiger partial charge >= 0.3 is 6.18 Å². The first-order valence-corrected chi connectivity index (χ1v) is 6.01. The summed E-state index contributed by atoms with van der Waals surface area (Å²) in [5.41, 5.74) is 0.607. The van der Waals surface area contributed by atoms with Crippen LogP contribution in [0.2, 0.25) is 0 Å². The van der Waals surface area contributed by atoms with Gasteiger partial charge in [0, 0.05) is 6.04 Å². The van der Waals surface area contributed by atoms with Gasteiger partial charge in [-0.1, -0.05) is 26.0 Å². The largest absolute Gasteiger partial charge is 0.482 e. The second kappa shape index (κ2) is 6.52. The summed E-state index contributed by atoms with van der Waals surface area (Å²) in [6, 6.07) is 6.93. The van der Waals surface area contributed by atoms with Crippen molar-refractivity contribution >= 4 is 5.69 Å². The van der Waals surface area contributed by atoms with Crippen LogP contribution in [0.4, 0.5) is 18.9 Å². The Morgan fingerprint density at radius 3 is 2.33 bits per heavy atom. The number of halogens is 3. The highest BCUT2D eigenvalue weighted by Gasteiger charge is 2.28. The molecule has 0 saturated heterocycles. The molecular weight excluding hydrogens is 243 g/mol. The third-order valence-corrected chi connectivity index (χ3v) is 2.62. The van der Waals surface area contributed by atoms with Gasteiger partial charge in [-0.05, 0) is 25.0 Å². The first kappa shape index (κ1) is 14.7. The summed E-state index contributed by atoms with van der Waals surface area (Å²) in [6.07, 6.45) is -2.50. The normalized spacial score (nSPS) is 11.7. The second-order valence-electron chi connectivity index (χ2n) is 4.06. The Labute approximate surface area is 105 Å². The molecule has 0 spiro atoms. The Balaban J connectivity index is 2.73. The third-order valence-electron chi connectivity index (χ3n) is 2.62. The van der Waals surface area contributed by atoms with E-state index >= 15 is 0 Å². The predicted octanol–water partition coefficient (Wildman–Crippen LogP) is 4.23. The fourth-order valence-corrected chi connectivity index (χ4v) is 1.58. The van der Waals surface area contributed by atoms with Gasteiger partial charge in [0.2, 0.25) is 0 Å². The monoisotopic (exact) mass is 261 g/mol. The molecule has 1 aromatic carbocycles. The molecule has 1 aromatic rings. The van der Waals surface area contributed by atoms with Crippen molar-refractivity contribution in [2.75, 3.05) is 11.9 Å². The lowest BCUT2D eigenvalue weighted by Gasteiger charge is -2.19. The first-order chi connectivity index (χ1) is 8.46. The van der Waals surface area contributed by atoms with Gasteiger partial charge in [-0.3, -0.25) is 0 Å². The second-order valence-corrected chi connectivity index (χ2v) is 4.06. The van der Waals surface area contributed by atoms with Crippen LogP contribution in [0.5, 0.6) is 5.75 Å². The highest BCUT2D eigenvalue weighted by atomic mass is 19.4. The Hall–Kier alpha value is -1.39. The molecule has 18 heavy (non-hydrogen) atoms. The highest BCUT2D eigenvalue weighted by molar-refractivity contribution is 5.56. The van der Waals surface area contributed by atoms with Crippen LogP contribution < -0.4 is 10.1 Å². The van der Waals surface area contributed by atoms with Crippen LogP contribution in [-0.4, -0.2) is 18.8 Å². The number of alkyl halides is 3. The van der Waals surface area contributed by atoms with Crippen molar-refractivity contribution in [3.05, 3.63) is 24.3 Å². The van der Waals surface area contributed by atoms with Crippen LogP contribution in [0.1, 0.15) is 26.7 Å². The maximum Gasteiger partial charge on any atom is 0.422 e. The molecule has 1 rings (SSSR count). The van der Waals surface area contributed by atoms with Crippen LogP contribution in [0.3, 0.4) is 0 Å². The number of ether oxygens (including phenoxy) is 1. The van der Waals surface area contributed by atoms with E-state index in [1.807, 2.05) is 13.8 Å². The molecule has 0 radical (unpaired) electrons. The number of rotatable bonds is 6. The average Bonchev–Trinajstić information content (AvgIpc) is 2.33. The van der Waals surface area contributed by atoms with Gasteiger partial charge in [0.15, 0.2) is 6.61 Å². The smallest absolute Gasteiger partial charge is 0.422 e. The van der Waals surface area contributed by atoms with Crippen LogP contribution in [0.15, 0.2) is 24.3 Å². The number of anilines is 1. The molecule has 0 amide bonds. The van der Waals surface area contributed by atoms with Gasteiger partial charge in [0.05, 0.1) is 5.69 Å². The lowest BCUT2D eigenvalue weighted by Crippen LogP contribution is -2.21. The molecule has 0 unspecified atom stereocenters. The summed E-state index contributed by atoms with van der Waals surface area (Å²) >= 11 is 0. The van der Waals surface area contributed by atoms with Crippen molar-refractivity contribution in [2.45, 2.75) is 38.9 Å². The zero-order valence-electron chi connectivity index (χ0n) is 10.6. The van der Waals surface area contributed by atoms with E-state index in [-0.39, 0.29) is 11.8 Å². The predicted molar refractivity (Wildman–Crippen MR) is 66.0 cm³/mol. The molecule has 0 aliphatic carbocycles. The minimum atomic E-state index is -4.32. The van der Waals surface area contributed by atoms with E-state index in [0.29, 0.717) is 5.69 Å². The number of benzene rings is 1. The minimum Gasteiger partial charge on any atom is -0.482 e. The highest BCUT2D eigenvalue weighted by Crippen LogP contribution is 2.27. The summed E-state index contributed by atoms with van der Waals surface area (Å²) in [7, 11) is 0. The molecule has 0 aliphatic rings. The molecule has 0 heterocycles. The summed E-state index contributed by atoms with van der Waals surface area (Å²) in [4.78, 5) is 0. The van der Waals surface area contributed by atoms with Gasteiger partial charge in [0.1, 0.15) is 5.75 Å². The molecule has 2 nitrogen and oxygen atoms in total. The summed E-state index contributed by atoms with van der Waals surface area (Å²) in [5, 5.41) is 3.19. The number of para-hydroxylation sites is 2. The van der Waals surface area contributed by atoms with E-state index in [2.05, 4.69) is 5.32 Å². The Bertz CT molecular complexity index is 361. The van der Waals surface area contributed by atoms with Crippen LogP contribution in [0.25, 0.3) is 0 Å². The maximum absolute atomic E-state index is 12.1. The van der Waals surface area contributed by atoms with Gasteiger partial charge in [0.25, 0.3) is 0 Å². The van der Waals surface area contributed by atoms with Crippen molar-refractivity contribution in [1.29, 1.82) is 0 Å². The fourth-order valence-electron chi connectivity index (χ4n) is 1.58. The molecule has 0 aliphatic heterocycles. The van der Waals surface area contributed by atoms with Crippen molar-refractivity contribution in [2.24, 2.45) is 0 Å². The lowest BCUT2D eigenvalue weighted by atomic mass is 10.1. The zero-order valence-corrected chi connectivity index (χ0v) is 10.6. The van der Waals surface area contributed by atoms with Crippen molar-refractivity contribution < 1.29 is 17.9 Å². The number of hydrogen-bond donors (Lipinski definition) is 1. The van der Waals surface area contributed by atoms with Gasteiger partial charge in [-0.25, -0.2) is 0 Å². The summed E-state index contributed by atoms with van der Waals surface area (Å²) < 4.78 is 41.2. The van der Waals surface area contributed by atoms with E-state index in [9.17, 15) is 13.2 Å². The molecule has 0 atom stereocenters. The van der Waals surface area contributed by atoms with Crippen LogP contribution in [-0.2, 0) is 0 Å². The number of nitrogens with one attached hydrogen (secondary N) is 1. The molecule has 0 saturated carbocycles. The lowest BCUT2D eigenvalue weighted by molar-refractivity contribution is -0.153. The van der Waals surface area contributed by atoms with E-state index < -0.39 is 12.8 Å². The minimum absolute atomic E-state index is 0.237. The van der Waals surface area contributed by atoms with Gasteiger partial charge in [-0.15, -0.1) is 0 Å². The van der Waals surface area contributed by atoms with Crippen molar-refractivity contribution in [3.63, 3.8) is 0 Å².